The van der Waals surface area contributed by atoms with Gasteiger partial charge in [-0.15, -0.1) is 0 Å². The summed E-state index contributed by atoms with van der Waals surface area (Å²) in [7, 11) is 1.68. The second-order valence-corrected chi connectivity index (χ2v) is 6.30. The fraction of sp³-hybridized carbons (Fsp3) is 0.353. The molecule has 1 heterocycles. The van der Waals surface area contributed by atoms with Crippen LogP contribution in [0.4, 0.5) is 0 Å². The molecule has 2 aromatic rings. The van der Waals surface area contributed by atoms with E-state index in [0.29, 0.717) is 6.42 Å². The number of carbonyl (C=O) groups is 1. The highest BCUT2D eigenvalue weighted by Crippen LogP contribution is 2.28. The lowest BCUT2D eigenvalue weighted by Crippen LogP contribution is -2.26. The van der Waals surface area contributed by atoms with Gasteiger partial charge in [0.05, 0.1) is 7.11 Å². The fourth-order valence-electron chi connectivity index (χ4n) is 2.90. The minimum Gasteiger partial charge on any atom is -0.497 e. The molecule has 1 aliphatic rings. The molecule has 0 spiro atoms. The van der Waals surface area contributed by atoms with Crippen LogP contribution in [0.25, 0.3) is 10.8 Å². The minimum atomic E-state index is 0.284. The minimum absolute atomic E-state index is 0.284. The van der Waals surface area contributed by atoms with Crippen LogP contribution in [0.1, 0.15) is 18.4 Å². The Bertz CT molecular complexity index is 684. The third kappa shape index (κ3) is 3.05. The Hall–Kier alpha value is -1.55. The van der Waals surface area contributed by atoms with Crippen LogP contribution in [0.2, 0.25) is 0 Å². The zero-order valence-corrected chi connectivity index (χ0v) is 13.6. The summed E-state index contributed by atoms with van der Waals surface area (Å²) < 4.78 is 6.40. The molecule has 0 unspecified atom stereocenters. The second kappa shape index (κ2) is 6.06. The lowest BCUT2D eigenvalue weighted by molar-refractivity contribution is -0.127. The van der Waals surface area contributed by atoms with Gasteiger partial charge in [-0.25, -0.2) is 0 Å². The predicted octanol–water partition coefficient (Wildman–Crippen LogP) is 3.78. The molecule has 3 rings (SSSR count). The number of likely N-dealkylation sites (tertiary alicyclic amines) is 1. The number of nitrogens with zero attached hydrogens (tertiary/aromatic N) is 1. The number of amides is 1. The van der Waals surface area contributed by atoms with E-state index in [0.717, 1.165) is 36.2 Å². The second-order valence-electron chi connectivity index (χ2n) is 5.39. The van der Waals surface area contributed by atoms with E-state index in [1.807, 2.05) is 11.0 Å². The number of hydrogen-bond acceptors (Lipinski definition) is 2. The summed E-state index contributed by atoms with van der Waals surface area (Å²) >= 11 is 3.57. The Morgan fingerprint density at radius 1 is 1.29 bits per heavy atom. The normalized spacial score (nSPS) is 15.0. The SMILES string of the molecule is COc1ccc2cc(Br)cc(CCN3CCCC3=O)c2c1. The van der Waals surface area contributed by atoms with Crippen LogP contribution in [0, 0.1) is 0 Å². The first-order chi connectivity index (χ1) is 10.2. The zero-order chi connectivity index (χ0) is 14.8. The molecular weight excluding hydrogens is 330 g/mol. The quantitative estimate of drug-likeness (QED) is 0.842. The summed E-state index contributed by atoms with van der Waals surface area (Å²) in [6.07, 6.45) is 2.56. The van der Waals surface area contributed by atoms with Gasteiger partial charge in [-0.3, -0.25) is 4.79 Å². The van der Waals surface area contributed by atoms with Gasteiger partial charge in [0.25, 0.3) is 0 Å². The molecule has 1 fully saturated rings. The lowest BCUT2D eigenvalue weighted by atomic mass is 10.0. The van der Waals surface area contributed by atoms with Gasteiger partial charge in [0.2, 0.25) is 5.91 Å². The van der Waals surface area contributed by atoms with E-state index in [1.54, 1.807) is 7.11 Å². The summed E-state index contributed by atoms with van der Waals surface area (Å²) in [5.41, 5.74) is 1.25. The molecule has 0 N–H and O–H groups in total. The maximum absolute atomic E-state index is 11.7. The van der Waals surface area contributed by atoms with Gasteiger partial charge in [-0.05, 0) is 53.4 Å². The molecule has 0 bridgehead atoms. The molecule has 4 heteroatoms. The van der Waals surface area contributed by atoms with E-state index in [-0.39, 0.29) is 5.91 Å². The van der Waals surface area contributed by atoms with Crippen molar-refractivity contribution >= 4 is 32.6 Å². The van der Waals surface area contributed by atoms with E-state index >= 15 is 0 Å². The van der Waals surface area contributed by atoms with Crippen LogP contribution in [-0.2, 0) is 11.2 Å². The van der Waals surface area contributed by atoms with Crippen molar-refractivity contribution in [2.45, 2.75) is 19.3 Å². The van der Waals surface area contributed by atoms with Crippen LogP contribution in [0.15, 0.2) is 34.8 Å². The molecular formula is C17H18BrNO2. The van der Waals surface area contributed by atoms with E-state index in [2.05, 4.69) is 40.2 Å². The maximum Gasteiger partial charge on any atom is 0.222 e. The molecule has 0 saturated carbocycles. The third-order valence-corrected chi connectivity index (χ3v) is 4.49. The Balaban J connectivity index is 1.90. The molecule has 1 aliphatic heterocycles. The van der Waals surface area contributed by atoms with Gasteiger partial charge in [-0.2, -0.15) is 0 Å². The van der Waals surface area contributed by atoms with Gasteiger partial charge in [0.15, 0.2) is 0 Å². The lowest BCUT2D eigenvalue weighted by Gasteiger charge is -2.16. The van der Waals surface area contributed by atoms with Crippen molar-refractivity contribution in [3.63, 3.8) is 0 Å². The third-order valence-electron chi connectivity index (χ3n) is 4.03. The standard InChI is InChI=1S/C17H18BrNO2/c1-21-15-5-4-12-9-14(18)10-13(16(12)11-15)6-8-19-7-2-3-17(19)20/h4-5,9-11H,2-3,6-8H2,1H3. The number of rotatable bonds is 4. The van der Waals surface area contributed by atoms with Gasteiger partial charge in [0.1, 0.15) is 5.75 Å². The van der Waals surface area contributed by atoms with Crippen molar-refractivity contribution in [3.05, 3.63) is 40.4 Å². The van der Waals surface area contributed by atoms with Crippen molar-refractivity contribution in [1.29, 1.82) is 0 Å². The molecule has 110 valence electrons. The molecule has 2 aromatic carbocycles. The van der Waals surface area contributed by atoms with Crippen molar-refractivity contribution in [3.8, 4) is 5.75 Å². The highest BCUT2D eigenvalue weighted by molar-refractivity contribution is 9.10. The Kier molecular flexibility index (Phi) is 4.15. The number of methoxy groups -OCH3 is 1. The summed E-state index contributed by atoms with van der Waals surface area (Å²) in [6.45, 7) is 1.69. The van der Waals surface area contributed by atoms with E-state index < -0.39 is 0 Å². The molecule has 1 amide bonds. The fourth-order valence-corrected chi connectivity index (χ4v) is 3.43. The summed E-state index contributed by atoms with van der Waals surface area (Å²) in [5.74, 6) is 1.15. The first-order valence-corrected chi connectivity index (χ1v) is 8.00. The predicted molar refractivity (Wildman–Crippen MR) is 87.7 cm³/mol. The number of ether oxygens (including phenoxy) is 1. The number of benzene rings is 2. The largest absolute Gasteiger partial charge is 0.497 e. The van der Waals surface area contributed by atoms with Gasteiger partial charge < -0.3 is 9.64 Å². The number of halogens is 1. The van der Waals surface area contributed by atoms with Crippen LogP contribution >= 0.6 is 15.9 Å². The van der Waals surface area contributed by atoms with Crippen molar-refractivity contribution < 1.29 is 9.53 Å². The highest BCUT2D eigenvalue weighted by Gasteiger charge is 2.19. The van der Waals surface area contributed by atoms with Gasteiger partial charge >= 0.3 is 0 Å². The summed E-state index contributed by atoms with van der Waals surface area (Å²) in [6, 6.07) is 10.4. The average molecular weight is 348 g/mol. The zero-order valence-electron chi connectivity index (χ0n) is 12.1. The van der Waals surface area contributed by atoms with Crippen LogP contribution < -0.4 is 4.74 Å². The number of fused-ring (bicyclic) bond motifs is 1. The molecule has 21 heavy (non-hydrogen) atoms. The molecule has 1 saturated heterocycles. The first-order valence-electron chi connectivity index (χ1n) is 7.21. The topological polar surface area (TPSA) is 29.5 Å². The van der Waals surface area contributed by atoms with Crippen LogP contribution in [-0.4, -0.2) is 31.0 Å². The van der Waals surface area contributed by atoms with Gasteiger partial charge in [0, 0.05) is 24.0 Å². The van der Waals surface area contributed by atoms with Crippen LogP contribution in [0.5, 0.6) is 5.75 Å². The molecule has 0 atom stereocenters. The Morgan fingerprint density at radius 2 is 2.14 bits per heavy atom. The Morgan fingerprint density at radius 3 is 2.86 bits per heavy atom. The molecule has 3 nitrogen and oxygen atoms in total. The van der Waals surface area contributed by atoms with Crippen molar-refractivity contribution in [2.75, 3.05) is 20.2 Å². The average Bonchev–Trinajstić information content (AvgIpc) is 2.89. The summed E-state index contributed by atoms with van der Waals surface area (Å²) in [4.78, 5) is 13.7. The van der Waals surface area contributed by atoms with Crippen molar-refractivity contribution in [2.24, 2.45) is 0 Å². The number of hydrogen-bond donors (Lipinski definition) is 0. The van der Waals surface area contributed by atoms with Crippen molar-refractivity contribution in [1.82, 2.24) is 4.90 Å². The van der Waals surface area contributed by atoms with E-state index in [9.17, 15) is 4.79 Å². The molecule has 0 aromatic heterocycles. The monoisotopic (exact) mass is 347 g/mol. The maximum atomic E-state index is 11.7. The van der Waals surface area contributed by atoms with Crippen LogP contribution in [0.3, 0.4) is 0 Å². The molecule has 0 radical (unpaired) electrons. The smallest absolute Gasteiger partial charge is 0.222 e. The van der Waals surface area contributed by atoms with Gasteiger partial charge in [-0.1, -0.05) is 22.0 Å². The Labute approximate surface area is 133 Å². The molecule has 0 aliphatic carbocycles. The first kappa shape index (κ1) is 14.4. The van der Waals surface area contributed by atoms with E-state index in [1.165, 1.54) is 16.3 Å². The highest BCUT2D eigenvalue weighted by atomic mass is 79.9. The van der Waals surface area contributed by atoms with E-state index in [4.69, 9.17) is 4.74 Å². The summed E-state index contributed by atoms with van der Waals surface area (Å²) in [5, 5.41) is 2.39. The number of carbonyl (C=O) groups excluding carboxylic acids is 1.